The summed E-state index contributed by atoms with van der Waals surface area (Å²) in [7, 11) is 0. The Labute approximate surface area is 168 Å². The Morgan fingerprint density at radius 2 is 1.54 bits per heavy atom. The number of benzene rings is 2. The maximum absolute atomic E-state index is 11.1. The van der Waals surface area contributed by atoms with Crippen molar-refractivity contribution in [2.75, 3.05) is 6.61 Å². The number of carboxylic acid groups (broad SMARTS) is 1. The summed E-state index contributed by atoms with van der Waals surface area (Å²) >= 11 is 0. The Morgan fingerprint density at radius 1 is 0.893 bits per heavy atom. The molecule has 0 aliphatic heterocycles. The molecule has 0 saturated carbocycles. The van der Waals surface area contributed by atoms with Crippen molar-refractivity contribution in [2.45, 2.75) is 64.4 Å². The van der Waals surface area contributed by atoms with E-state index in [0.717, 1.165) is 12.2 Å². The van der Waals surface area contributed by atoms with Gasteiger partial charge in [-0.2, -0.15) is 0 Å². The Bertz CT molecular complexity index is 709. The van der Waals surface area contributed by atoms with Gasteiger partial charge in [-0.05, 0) is 41.8 Å². The molecule has 0 aromatic heterocycles. The van der Waals surface area contributed by atoms with Crippen LogP contribution in [0.5, 0.6) is 5.75 Å². The third-order valence-corrected chi connectivity index (χ3v) is 4.91. The zero-order valence-electron chi connectivity index (χ0n) is 16.8. The number of carboxylic acids is 1. The number of hydrogen-bond acceptors (Lipinski definition) is 3. The van der Waals surface area contributed by atoms with Crippen molar-refractivity contribution >= 4 is 5.97 Å². The number of ether oxygens (including phenoxy) is 1. The van der Waals surface area contributed by atoms with Crippen LogP contribution in [0, 0.1) is 0 Å². The molecule has 1 unspecified atom stereocenters. The van der Waals surface area contributed by atoms with Crippen molar-refractivity contribution in [1.29, 1.82) is 0 Å². The summed E-state index contributed by atoms with van der Waals surface area (Å²) in [5.74, 6) is -0.211. The number of hydrogen-bond donors (Lipinski definition) is 2. The van der Waals surface area contributed by atoms with Gasteiger partial charge < -0.3 is 14.9 Å². The standard InChI is InChI=1S/C24H32O4/c1-2-3-4-5-6-7-8-9-17-28-22-15-13-19(14-16-22)23(25)20-11-10-12-21(18-20)24(26)27/h10-16,18,23,25H,2-9,17H2,1H3,(H,26,27). The molecule has 2 rings (SSSR count). The van der Waals surface area contributed by atoms with E-state index < -0.39 is 12.1 Å². The third kappa shape index (κ3) is 7.35. The van der Waals surface area contributed by atoms with Crippen LogP contribution in [0.25, 0.3) is 0 Å². The number of rotatable bonds is 13. The smallest absolute Gasteiger partial charge is 0.335 e. The Balaban J connectivity index is 1.74. The first kappa shape index (κ1) is 22.0. The second-order valence-electron chi connectivity index (χ2n) is 7.23. The van der Waals surface area contributed by atoms with Crippen molar-refractivity contribution in [2.24, 2.45) is 0 Å². The minimum Gasteiger partial charge on any atom is -0.494 e. The second-order valence-corrected chi connectivity index (χ2v) is 7.23. The molecule has 0 radical (unpaired) electrons. The molecule has 2 aromatic carbocycles. The van der Waals surface area contributed by atoms with Gasteiger partial charge in [-0.15, -0.1) is 0 Å². The SMILES string of the molecule is CCCCCCCCCCOc1ccc(C(O)c2cccc(C(=O)O)c2)cc1. The van der Waals surface area contributed by atoms with E-state index in [1.54, 1.807) is 12.1 Å². The summed E-state index contributed by atoms with van der Waals surface area (Å²) in [5.41, 5.74) is 1.44. The van der Waals surface area contributed by atoms with Gasteiger partial charge in [0.1, 0.15) is 11.9 Å². The molecule has 1 atom stereocenters. The highest BCUT2D eigenvalue weighted by Crippen LogP contribution is 2.25. The van der Waals surface area contributed by atoms with E-state index in [1.807, 2.05) is 24.3 Å². The lowest BCUT2D eigenvalue weighted by atomic mass is 10.00. The summed E-state index contributed by atoms with van der Waals surface area (Å²) in [6.07, 6.45) is 9.31. The summed E-state index contributed by atoms with van der Waals surface area (Å²) in [6, 6.07) is 13.7. The molecule has 0 bridgehead atoms. The number of aliphatic hydroxyl groups is 1. The van der Waals surface area contributed by atoms with Crippen LogP contribution >= 0.6 is 0 Å². The van der Waals surface area contributed by atoms with Crippen LogP contribution in [0.2, 0.25) is 0 Å². The van der Waals surface area contributed by atoms with Crippen molar-refractivity contribution in [3.63, 3.8) is 0 Å². The predicted molar refractivity (Wildman–Crippen MR) is 112 cm³/mol. The summed E-state index contributed by atoms with van der Waals surface area (Å²) in [4.78, 5) is 11.1. The minimum absolute atomic E-state index is 0.168. The monoisotopic (exact) mass is 384 g/mol. The van der Waals surface area contributed by atoms with E-state index in [9.17, 15) is 9.90 Å². The Hall–Kier alpha value is -2.33. The average Bonchev–Trinajstić information content (AvgIpc) is 2.72. The van der Waals surface area contributed by atoms with Crippen LogP contribution in [-0.4, -0.2) is 22.8 Å². The van der Waals surface area contributed by atoms with Crippen LogP contribution in [-0.2, 0) is 0 Å². The molecule has 0 aliphatic rings. The highest BCUT2D eigenvalue weighted by Gasteiger charge is 2.13. The summed E-state index contributed by atoms with van der Waals surface area (Å²) < 4.78 is 5.78. The zero-order chi connectivity index (χ0) is 20.2. The van der Waals surface area contributed by atoms with E-state index in [-0.39, 0.29) is 5.56 Å². The van der Waals surface area contributed by atoms with Crippen LogP contribution in [0.3, 0.4) is 0 Å². The Kier molecular flexibility index (Phi) is 9.56. The highest BCUT2D eigenvalue weighted by atomic mass is 16.5. The number of unbranched alkanes of at least 4 members (excludes halogenated alkanes) is 7. The maximum atomic E-state index is 11.1. The molecule has 0 saturated heterocycles. The number of carbonyl (C=O) groups is 1. The first-order chi connectivity index (χ1) is 13.6. The van der Waals surface area contributed by atoms with Gasteiger partial charge in [-0.1, -0.05) is 76.1 Å². The number of aromatic carboxylic acids is 1. The van der Waals surface area contributed by atoms with Crippen molar-refractivity contribution < 1.29 is 19.7 Å². The van der Waals surface area contributed by atoms with Gasteiger partial charge in [-0.3, -0.25) is 0 Å². The molecule has 2 N–H and O–H groups in total. The summed E-state index contributed by atoms with van der Waals surface area (Å²) in [6.45, 7) is 2.94. The molecule has 0 amide bonds. The van der Waals surface area contributed by atoms with Gasteiger partial charge in [0.15, 0.2) is 0 Å². The molecule has 152 valence electrons. The van der Waals surface area contributed by atoms with Gasteiger partial charge in [0.2, 0.25) is 0 Å². The van der Waals surface area contributed by atoms with Crippen LogP contribution in [0.1, 0.15) is 85.9 Å². The van der Waals surface area contributed by atoms with Gasteiger partial charge in [-0.25, -0.2) is 4.79 Å². The van der Waals surface area contributed by atoms with Gasteiger partial charge in [0, 0.05) is 0 Å². The second kappa shape index (κ2) is 12.2. The predicted octanol–water partition coefficient (Wildman–Crippen LogP) is 5.99. The maximum Gasteiger partial charge on any atom is 0.335 e. The lowest BCUT2D eigenvalue weighted by Crippen LogP contribution is -2.03. The Morgan fingerprint density at radius 3 is 2.18 bits per heavy atom. The zero-order valence-corrected chi connectivity index (χ0v) is 16.8. The van der Waals surface area contributed by atoms with Gasteiger partial charge >= 0.3 is 5.97 Å². The lowest BCUT2D eigenvalue weighted by Gasteiger charge is -2.13. The molecular weight excluding hydrogens is 352 g/mol. The van der Waals surface area contributed by atoms with Crippen molar-refractivity contribution in [1.82, 2.24) is 0 Å². The minimum atomic E-state index is -1.00. The molecule has 4 heteroatoms. The molecule has 0 spiro atoms. The normalized spacial score (nSPS) is 11.9. The molecule has 28 heavy (non-hydrogen) atoms. The first-order valence-electron chi connectivity index (χ1n) is 10.4. The van der Waals surface area contributed by atoms with Crippen LogP contribution < -0.4 is 4.74 Å². The third-order valence-electron chi connectivity index (χ3n) is 4.91. The van der Waals surface area contributed by atoms with E-state index in [1.165, 1.54) is 57.1 Å². The van der Waals surface area contributed by atoms with Crippen LogP contribution in [0.15, 0.2) is 48.5 Å². The lowest BCUT2D eigenvalue weighted by molar-refractivity contribution is 0.0696. The van der Waals surface area contributed by atoms with Crippen LogP contribution in [0.4, 0.5) is 0 Å². The fraction of sp³-hybridized carbons (Fsp3) is 0.458. The number of aliphatic hydroxyl groups excluding tert-OH is 1. The highest BCUT2D eigenvalue weighted by molar-refractivity contribution is 5.87. The van der Waals surface area contributed by atoms with E-state index in [0.29, 0.717) is 17.7 Å². The van der Waals surface area contributed by atoms with Gasteiger partial charge in [0.05, 0.1) is 12.2 Å². The largest absolute Gasteiger partial charge is 0.494 e. The molecule has 2 aromatic rings. The first-order valence-corrected chi connectivity index (χ1v) is 10.4. The summed E-state index contributed by atoms with van der Waals surface area (Å²) in [5, 5.41) is 19.6. The van der Waals surface area contributed by atoms with E-state index in [4.69, 9.17) is 9.84 Å². The molecule has 0 fully saturated rings. The van der Waals surface area contributed by atoms with Gasteiger partial charge in [0.25, 0.3) is 0 Å². The molecular formula is C24H32O4. The average molecular weight is 385 g/mol. The van der Waals surface area contributed by atoms with Crippen molar-refractivity contribution in [3.8, 4) is 5.75 Å². The fourth-order valence-electron chi connectivity index (χ4n) is 3.21. The fourth-order valence-corrected chi connectivity index (χ4v) is 3.21. The molecule has 4 nitrogen and oxygen atoms in total. The molecule has 0 heterocycles. The van der Waals surface area contributed by atoms with E-state index >= 15 is 0 Å². The topological polar surface area (TPSA) is 66.8 Å². The van der Waals surface area contributed by atoms with Crippen molar-refractivity contribution in [3.05, 3.63) is 65.2 Å². The quantitative estimate of drug-likeness (QED) is 0.417. The van der Waals surface area contributed by atoms with E-state index in [2.05, 4.69) is 6.92 Å². The molecule has 0 aliphatic carbocycles.